The molecule has 0 saturated carbocycles. The van der Waals surface area contributed by atoms with Crippen LogP contribution in [0.5, 0.6) is 11.5 Å². The molecular formula is C21H19FN4O5. The van der Waals surface area contributed by atoms with E-state index >= 15 is 0 Å². The Morgan fingerprint density at radius 1 is 1.16 bits per heavy atom. The van der Waals surface area contributed by atoms with Crippen molar-refractivity contribution < 1.29 is 27.9 Å². The van der Waals surface area contributed by atoms with Crippen LogP contribution in [0, 0.1) is 5.82 Å². The van der Waals surface area contributed by atoms with Crippen LogP contribution in [0.1, 0.15) is 18.2 Å². The molecule has 10 heteroatoms. The summed E-state index contributed by atoms with van der Waals surface area (Å²) >= 11 is 0. The molecule has 9 nitrogen and oxygen atoms in total. The number of halogens is 1. The van der Waals surface area contributed by atoms with E-state index in [-0.39, 0.29) is 36.8 Å². The number of benzene rings is 2. The van der Waals surface area contributed by atoms with Crippen LogP contribution in [0.2, 0.25) is 0 Å². The fraction of sp³-hybridized carbons (Fsp3) is 0.238. The van der Waals surface area contributed by atoms with Crippen molar-refractivity contribution in [3.63, 3.8) is 0 Å². The second kappa shape index (κ2) is 8.82. The smallest absolute Gasteiger partial charge is 0.322 e. The second-order valence-corrected chi connectivity index (χ2v) is 6.84. The average molecular weight is 426 g/mol. The van der Waals surface area contributed by atoms with E-state index in [1.807, 2.05) is 0 Å². The number of nitrogens with one attached hydrogen (secondary N) is 1. The van der Waals surface area contributed by atoms with E-state index in [4.69, 9.17) is 13.9 Å². The van der Waals surface area contributed by atoms with Crippen molar-refractivity contribution in [3.8, 4) is 11.5 Å². The third kappa shape index (κ3) is 4.80. The molecule has 1 N–H and O–H groups in total. The van der Waals surface area contributed by atoms with Gasteiger partial charge in [-0.2, -0.15) is 0 Å². The zero-order valence-corrected chi connectivity index (χ0v) is 16.6. The molecule has 2 aromatic carbocycles. The number of hydrogen-bond donors (Lipinski definition) is 1. The van der Waals surface area contributed by atoms with Crippen molar-refractivity contribution in [3.05, 3.63) is 60.2 Å². The molecule has 1 saturated heterocycles. The average Bonchev–Trinajstić information content (AvgIpc) is 3.40. The van der Waals surface area contributed by atoms with Crippen LogP contribution in [-0.4, -0.2) is 42.3 Å². The highest BCUT2D eigenvalue weighted by Crippen LogP contribution is 2.32. The molecule has 3 aromatic rings. The minimum atomic E-state index is -0.512. The molecule has 1 aliphatic rings. The Balaban J connectivity index is 1.33. The van der Waals surface area contributed by atoms with Crippen molar-refractivity contribution in [2.24, 2.45) is 0 Å². The summed E-state index contributed by atoms with van der Waals surface area (Å²) in [6.45, 7) is 0.0743. The summed E-state index contributed by atoms with van der Waals surface area (Å²) in [5, 5.41) is 10.2. The molecule has 0 spiro atoms. The number of ether oxygens (including phenoxy) is 2. The van der Waals surface area contributed by atoms with Gasteiger partial charge in [0.25, 0.3) is 5.91 Å². The Kier molecular flexibility index (Phi) is 5.78. The van der Waals surface area contributed by atoms with Gasteiger partial charge < -0.3 is 18.8 Å². The number of aromatic nitrogens is 2. The van der Waals surface area contributed by atoms with Gasteiger partial charge in [0.1, 0.15) is 17.3 Å². The van der Waals surface area contributed by atoms with Gasteiger partial charge >= 0.3 is 6.01 Å². The third-order valence-corrected chi connectivity index (χ3v) is 4.73. The van der Waals surface area contributed by atoms with Gasteiger partial charge in [-0.15, -0.1) is 5.10 Å². The van der Waals surface area contributed by atoms with Crippen molar-refractivity contribution in [1.82, 2.24) is 10.2 Å². The summed E-state index contributed by atoms with van der Waals surface area (Å²) in [5.74, 6) is 0.0560. The number of methoxy groups -OCH3 is 1. The molecule has 1 aliphatic heterocycles. The lowest BCUT2D eigenvalue weighted by molar-refractivity contribution is -0.118. The normalized spacial score (nSPS) is 15.7. The zero-order valence-electron chi connectivity index (χ0n) is 16.6. The molecule has 4 rings (SSSR count). The fourth-order valence-corrected chi connectivity index (χ4v) is 3.17. The first-order chi connectivity index (χ1) is 15.0. The van der Waals surface area contributed by atoms with E-state index in [0.717, 1.165) is 5.69 Å². The van der Waals surface area contributed by atoms with E-state index < -0.39 is 11.7 Å². The molecule has 31 heavy (non-hydrogen) atoms. The summed E-state index contributed by atoms with van der Waals surface area (Å²) in [6.07, 6.45) is 0.218. The van der Waals surface area contributed by atoms with Crippen LogP contribution in [0.4, 0.5) is 16.1 Å². The van der Waals surface area contributed by atoms with E-state index in [1.165, 1.54) is 24.3 Å². The monoisotopic (exact) mass is 426 g/mol. The highest BCUT2D eigenvalue weighted by atomic mass is 19.1. The first-order valence-electron chi connectivity index (χ1n) is 9.48. The van der Waals surface area contributed by atoms with Gasteiger partial charge in [-0.05, 0) is 48.5 Å². The van der Waals surface area contributed by atoms with Gasteiger partial charge in [0.05, 0.1) is 13.0 Å². The minimum Gasteiger partial charge on any atom is -0.497 e. The first-order valence-corrected chi connectivity index (χ1v) is 9.48. The SMILES string of the molecule is COc1ccc(N2C[C@H](c3nnc(NC(=O)COc4ccc(F)cc4)o3)CC2=O)cc1. The van der Waals surface area contributed by atoms with E-state index in [1.54, 1.807) is 36.3 Å². The predicted octanol–water partition coefficient (Wildman–Crippen LogP) is 2.76. The van der Waals surface area contributed by atoms with Crippen LogP contribution in [0.3, 0.4) is 0 Å². The number of rotatable bonds is 7. The number of carbonyl (C=O) groups is 2. The third-order valence-electron chi connectivity index (χ3n) is 4.73. The minimum absolute atomic E-state index is 0.0633. The molecular weight excluding hydrogens is 407 g/mol. The summed E-state index contributed by atoms with van der Waals surface area (Å²) in [5.41, 5.74) is 0.749. The van der Waals surface area contributed by atoms with Gasteiger partial charge in [-0.3, -0.25) is 14.9 Å². The summed E-state index contributed by atoms with van der Waals surface area (Å²) in [7, 11) is 1.58. The molecule has 1 aromatic heterocycles. The van der Waals surface area contributed by atoms with Crippen molar-refractivity contribution >= 4 is 23.5 Å². The van der Waals surface area contributed by atoms with E-state index in [0.29, 0.717) is 18.0 Å². The number of anilines is 2. The van der Waals surface area contributed by atoms with E-state index in [2.05, 4.69) is 15.5 Å². The fourth-order valence-electron chi connectivity index (χ4n) is 3.17. The van der Waals surface area contributed by atoms with Crippen molar-refractivity contribution in [2.75, 3.05) is 30.5 Å². The van der Waals surface area contributed by atoms with Gasteiger partial charge in [0.15, 0.2) is 6.61 Å². The number of carbonyl (C=O) groups excluding carboxylic acids is 2. The van der Waals surface area contributed by atoms with Crippen LogP contribution in [-0.2, 0) is 9.59 Å². The van der Waals surface area contributed by atoms with Gasteiger partial charge in [-0.1, -0.05) is 5.10 Å². The quantitative estimate of drug-likeness (QED) is 0.619. The lowest BCUT2D eigenvalue weighted by Crippen LogP contribution is -2.24. The maximum atomic E-state index is 12.9. The maximum Gasteiger partial charge on any atom is 0.322 e. The number of amides is 2. The summed E-state index contributed by atoms with van der Waals surface area (Å²) in [6, 6.07) is 12.4. The lowest BCUT2D eigenvalue weighted by atomic mass is 10.1. The van der Waals surface area contributed by atoms with E-state index in [9.17, 15) is 14.0 Å². The largest absolute Gasteiger partial charge is 0.497 e. The van der Waals surface area contributed by atoms with Crippen molar-refractivity contribution in [1.29, 1.82) is 0 Å². The van der Waals surface area contributed by atoms with Crippen LogP contribution >= 0.6 is 0 Å². The van der Waals surface area contributed by atoms with Gasteiger partial charge in [0, 0.05) is 18.7 Å². The maximum absolute atomic E-state index is 12.9. The highest BCUT2D eigenvalue weighted by Gasteiger charge is 2.35. The van der Waals surface area contributed by atoms with Gasteiger partial charge in [0.2, 0.25) is 11.8 Å². The molecule has 0 radical (unpaired) electrons. The van der Waals surface area contributed by atoms with Crippen LogP contribution < -0.4 is 19.7 Å². The van der Waals surface area contributed by atoms with Crippen LogP contribution in [0.25, 0.3) is 0 Å². The number of hydrogen-bond acceptors (Lipinski definition) is 7. The standard InChI is InChI=1S/C21H19FN4O5/c1-29-16-8-4-15(5-9-16)26-11-13(10-19(26)28)20-24-25-21(31-20)23-18(27)12-30-17-6-2-14(22)3-7-17/h2-9,13H,10-12H2,1H3,(H,23,25,27)/t13-/m1/s1. The summed E-state index contributed by atoms with van der Waals surface area (Å²) in [4.78, 5) is 26.1. The molecule has 1 atom stereocenters. The molecule has 0 bridgehead atoms. The Morgan fingerprint density at radius 3 is 2.58 bits per heavy atom. The second-order valence-electron chi connectivity index (χ2n) is 6.84. The molecule has 1 fully saturated rings. The molecule has 0 unspecified atom stereocenters. The number of nitrogens with zero attached hydrogens (tertiary/aromatic N) is 3. The molecule has 2 amide bonds. The van der Waals surface area contributed by atoms with Crippen LogP contribution in [0.15, 0.2) is 52.9 Å². The van der Waals surface area contributed by atoms with Gasteiger partial charge in [-0.25, -0.2) is 4.39 Å². The lowest BCUT2D eigenvalue weighted by Gasteiger charge is -2.16. The molecule has 0 aliphatic carbocycles. The first kappa shape index (κ1) is 20.3. The summed E-state index contributed by atoms with van der Waals surface area (Å²) < 4.78 is 28.8. The topological polar surface area (TPSA) is 107 Å². The molecule has 2 heterocycles. The Hall–Kier alpha value is -3.95. The zero-order chi connectivity index (χ0) is 21.8. The Bertz CT molecular complexity index is 1070. The Labute approximate surface area is 176 Å². The Morgan fingerprint density at radius 2 is 1.87 bits per heavy atom. The predicted molar refractivity (Wildman–Crippen MR) is 108 cm³/mol. The molecule has 160 valence electrons. The van der Waals surface area contributed by atoms with Crippen molar-refractivity contribution in [2.45, 2.75) is 12.3 Å². The highest BCUT2D eigenvalue weighted by molar-refractivity contribution is 5.96.